The molecule has 4 aromatic rings. The Morgan fingerprint density at radius 2 is 1.92 bits per heavy atom. The molecule has 1 aliphatic heterocycles. The monoisotopic (exact) mass is 482 g/mol. The van der Waals surface area contributed by atoms with Crippen molar-refractivity contribution in [3.05, 3.63) is 72.4 Å². The van der Waals surface area contributed by atoms with E-state index in [0.717, 1.165) is 5.56 Å². The first-order chi connectivity index (χ1) is 17.6. The van der Waals surface area contributed by atoms with Gasteiger partial charge in [-0.2, -0.15) is 5.10 Å². The van der Waals surface area contributed by atoms with Crippen LogP contribution in [0.25, 0.3) is 16.6 Å². The maximum atomic E-state index is 15.3. The highest BCUT2D eigenvalue weighted by molar-refractivity contribution is 5.94. The fourth-order valence-corrected chi connectivity index (χ4v) is 4.19. The van der Waals surface area contributed by atoms with Gasteiger partial charge in [0.25, 0.3) is 5.91 Å². The summed E-state index contributed by atoms with van der Waals surface area (Å²) in [7, 11) is 1.56. The van der Waals surface area contributed by atoms with Gasteiger partial charge in [-0.25, -0.2) is 13.9 Å². The van der Waals surface area contributed by atoms with E-state index < -0.39 is 5.82 Å². The van der Waals surface area contributed by atoms with E-state index >= 15 is 4.39 Å². The highest BCUT2D eigenvalue weighted by Gasteiger charge is 2.24. The summed E-state index contributed by atoms with van der Waals surface area (Å²) < 4.78 is 22.3. The van der Waals surface area contributed by atoms with Crippen LogP contribution in [0.15, 0.2) is 66.0 Å². The van der Waals surface area contributed by atoms with Gasteiger partial charge in [0.1, 0.15) is 11.4 Å². The van der Waals surface area contributed by atoms with E-state index in [2.05, 4.69) is 33.6 Å². The third kappa shape index (κ3) is 4.49. The van der Waals surface area contributed by atoms with Gasteiger partial charge in [-0.15, -0.1) is 0 Å². The Bertz CT molecular complexity index is 1500. The fourth-order valence-electron chi connectivity index (χ4n) is 4.19. The number of fused-ring (bicyclic) bond motifs is 1. The van der Waals surface area contributed by atoms with Gasteiger partial charge in [0.2, 0.25) is 0 Å². The van der Waals surface area contributed by atoms with Crippen LogP contribution in [0.2, 0.25) is 0 Å². The lowest BCUT2D eigenvalue weighted by Crippen LogP contribution is -2.49. The molecule has 180 valence electrons. The predicted molar refractivity (Wildman–Crippen MR) is 136 cm³/mol. The molecular formula is C27H23FN6O2. The van der Waals surface area contributed by atoms with Crippen molar-refractivity contribution in [3.63, 3.8) is 0 Å². The second-order valence-corrected chi connectivity index (χ2v) is 8.20. The van der Waals surface area contributed by atoms with Gasteiger partial charge in [0.15, 0.2) is 11.6 Å². The van der Waals surface area contributed by atoms with Gasteiger partial charge < -0.3 is 14.5 Å². The van der Waals surface area contributed by atoms with Crippen LogP contribution in [-0.4, -0.2) is 65.4 Å². The third-order valence-electron chi connectivity index (χ3n) is 6.06. The van der Waals surface area contributed by atoms with Crippen molar-refractivity contribution in [2.24, 2.45) is 4.99 Å². The molecule has 0 radical (unpaired) electrons. The van der Waals surface area contributed by atoms with Crippen molar-refractivity contribution in [2.75, 3.05) is 38.2 Å². The Morgan fingerprint density at radius 3 is 2.61 bits per heavy atom. The van der Waals surface area contributed by atoms with Crippen LogP contribution < -0.4 is 9.64 Å². The average Bonchev–Trinajstić information content (AvgIpc) is 3.35. The number of carbonyl (C=O) groups excluding carboxylic acids is 1. The summed E-state index contributed by atoms with van der Waals surface area (Å²) in [6.45, 7) is 5.39. The molecule has 0 aliphatic carbocycles. The molecule has 8 nitrogen and oxygen atoms in total. The molecule has 3 aromatic heterocycles. The van der Waals surface area contributed by atoms with E-state index in [1.165, 1.54) is 6.07 Å². The van der Waals surface area contributed by atoms with E-state index in [1.807, 2.05) is 35.2 Å². The first-order valence-corrected chi connectivity index (χ1v) is 11.4. The minimum Gasteiger partial charge on any atom is -0.495 e. The molecule has 9 heteroatoms. The van der Waals surface area contributed by atoms with E-state index in [9.17, 15) is 4.79 Å². The number of benzene rings is 1. The molecule has 1 aliphatic rings. The number of hydrogen-bond acceptors (Lipinski definition) is 6. The zero-order chi connectivity index (χ0) is 25.1. The molecule has 0 saturated carbocycles. The molecule has 1 aromatic carbocycles. The van der Waals surface area contributed by atoms with Crippen LogP contribution in [0.5, 0.6) is 5.75 Å². The number of amides is 1. The number of hydrogen-bond donors (Lipinski definition) is 0. The number of piperazine rings is 1. The summed E-state index contributed by atoms with van der Waals surface area (Å²) in [5, 5.41) is 4.29. The zero-order valence-electron chi connectivity index (χ0n) is 19.7. The fraction of sp³-hybridized carbons (Fsp3) is 0.185. The number of anilines is 1. The van der Waals surface area contributed by atoms with Crippen LogP contribution in [0.1, 0.15) is 5.56 Å². The molecule has 1 amide bonds. The summed E-state index contributed by atoms with van der Waals surface area (Å²) in [4.78, 5) is 24.5. The second kappa shape index (κ2) is 9.88. The minimum absolute atomic E-state index is 0.239. The Morgan fingerprint density at radius 1 is 1.14 bits per heavy atom. The van der Waals surface area contributed by atoms with E-state index in [-0.39, 0.29) is 11.7 Å². The van der Waals surface area contributed by atoms with E-state index in [4.69, 9.17) is 4.74 Å². The maximum absolute atomic E-state index is 15.3. The number of pyridine rings is 2. The topological polar surface area (TPSA) is 75.3 Å². The number of halogens is 1. The number of methoxy groups -OCH3 is 1. The lowest BCUT2D eigenvalue weighted by Gasteiger charge is -2.34. The van der Waals surface area contributed by atoms with Crippen molar-refractivity contribution in [1.82, 2.24) is 19.5 Å². The minimum atomic E-state index is -0.454. The zero-order valence-corrected chi connectivity index (χ0v) is 19.7. The SMILES string of the molecule is C=Nc1cnn2cc(OC)cc(-c3cnc(N4CCN(C(=O)C#Cc5ccccc5)CC4)c(F)c3)c12. The first-order valence-electron chi connectivity index (χ1n) is 11.4. The lowest BCUT2D eigenvalue weighted by atomic mass is 10.1. The summed E-state index contributed by atoms with van der Waals surface area (Å²) in [6, 6.07) is 12.6. The molecule has 0 unspecified atom stereocenters. The number of rotatable bonds is 4. The molecule has 0 spiro atoms. The van der Waals surface area contributed by atoms with Gasteiger partial charge in [-0.3, -0.25) is 9.79 Å². The lowest BCUT2D eigenvalue weighted by molar-refractivity contribution is -0.125. The maximum Gasteiger partial charge on any atom is 0.298 e. The smallest absolute Gasteiger partial charge is 0.298 e. The summed E-state index contributed by atoms with van der Waals surface area (Å²) in [5.41, 5.74) is 3.29. The van der Waals surface area contributed by atoms with Crippen molar-refractivity contribution in [2.45, 2.75) is 0 Å². The highest BCUT2D eigenvalue weighted by Crippen LogP contribution is 2.35. The number of carbonyl (C=O) groups is 1. The van der Waals surface area contributed by atoms with Gasteiger partial charge >= 0.3 is 0 Å². The molecule has 5 rings (SSSR count). The van der Waals surface area contributed by atoms with Gasteiger partial charge in [0, 0.05) is 55.0 Å². The van der Waals surface area contributed by atoms with Gasteiger partial charge in [-0.1, -0.05) is 24.1 Å². The van der Waals surface area contributed by atoms with Crippen LogP contribution in [0.4, 0.5) is 15.9 Å². The Balaban J connectivity index is 1.33. The normalized spacial score (nSPS) is 13.3. The number of nitrogens with zero attached hydrogens (tertiary/aromatic N) is 6. The first kappa shape index (κ1) is 23.1. The summed E-state index contributed by atoms with van der Waals surface area (Å²) >= 11 is 0. The predicted octanol–water partition coefficient (Wildman–Crippen LogP) is 3.58. The van der Waals surface area contributed by atoms with Crippen molar-refractivity contribution in [1.29, 1.82) is 0 Å². The molecule has 1 fully saturated rings. The second-order valence-electron chi connectivity index (χ2n) is 8.20. The number of ether oxygens (including phenoxy) is 1. The molecule has 0 N–H and O–H groups in total. The largest absolute Gasteiger partial charge is 0.495 e. The van der Waals surface area contributed by atoms with Crippen LogP contribution in [0, 0.1) is 17.7 Å². The number of aromatic nitrogens is 3. The summed E-state index contributed by atoms with van der Waals surface area (Å²) in [5.74, 6) is 5.70. The van der Waals surface area contributed by atoms with Gasteiger partial charge in [-0.05, 0) is 31.0 Å². The van der Waals surface area contributed by atoms with Crippen molar-refractivity contribution < 1.29 is 13.9 Å². The third-order valence-corrected chi connectivity index (χ3v) is 6.06. The highest BCUT2D eigenvalue weighted by atomic mass is 19.1. The Kier molecular flexibility index (Phi) is 6.33. The molecule has 0 atom stereocenters. The Hall–Kier alpha value is -4.71. The standard InChI is InChI=1S/C27H23FN6O2/c1-29-24-17-31-34-18-21(36-2)15-22(26(24)34)20-14-23(28)27(30-16-20)33-12-10-32(11-13-33)25(35)9-8-19-6-4-3-5-7-19/h3-7,14-18H,1,10-13H2,2H3. The summed E-state index contributed by atoms with van der Waals surface area (Å²) in [6.07, 6.45) is 4.93. The molecular weight excluding hydrogens is 459 g/mol. The van der Waals surface area contributed by atoms with Crippen molar-refractivity contribution in [3.8, 4) is 28.7 Å². The van der Waals surface area contributed by atoms with Gasteiger partial charge in [0.05, 0.1) is 25.0 Å². The van der Waals surface area contributed by atoms with E-state index in [0.29, 0.717) is 54.3 Å². The van der Waals surface area contributed by atoms with Crippen LogP contribution >= 0.6 is 0 Å². The van der Waals surface area contributed by atoms with Crippen LogP contribution in [-0.2, 0) is 4.79 Å². The van der Waals surface area contributed by atoms with Crippen LogP contribution in [0.3, 0.4) is 0 Å². The molecule has 1 saturated heterocycles. The molecule has 0 bridgehead atoms. The van der Waals surface area contributed by atoms with Crippen molar-refractivity contribution >= 4 is 29.6 Å². The quantitative estimate of drug-likeness (QED) is 0.328. The molecule has 4 heterocycles. The Labute approximate surface area is 207 Å². The average molecular weight is 483 g/mol. The number of aliphatic imine (C=N–C) groups is 1. The molecule has 36 heavy (non-hydrogen) atoms. The van der Waals surface area contributed by atoms with E-state index in [1.54, 1.807) is 41.2 Å².